The summed E-state index contributed by atoms with van der Waals surface area (Å²) >= 11 is 0. The van der Waals surface area contributed by atoms with E-state index in [0.717, 1.165) is 26.1 Å². The lowest BCUT2D eigenvalue weighted by atomic mass is 10.2. The predicted molar refractivity (Wildman–Crippen MR) is 65.9 cm³/mol. The second-order valence-electron chi connectivity index (χ2n) is 4.46. The highest BCUT2D eigenvalue weighted by Gasteiger charge is 2.24. The highest BCUT2D eigenvalue weighted by atomic mass is 16.2. The van der Waals surface area contributed by atoms with Crippen LogP contribution in [-0.4, -0.2) is 40.4 Å². The van der Waals surface area contributed by atoms with E-state index in [-0.39, 0.29) is 5.91 Å². The fourth-order valence-corrected chi connectivity index (χ4v) is 1.99. The highest BCUT2D eigenvalue weighted by Crippen LogP contribution is 2.17. The molecule has 1 aromatic rings. The molecule has 1 N–H and O–H groups in total. The van der Waals surface area contributed by atoms with Crippen LogP contribution in [0, 0.1) is 5.92 Å². The van der Waals surface area contributed by atoms with Crippen LogP contribution in [-0.2, 0) is 0 Å². The fourth-order valence-electron chi connectivity index (χ4n) is 1.99. The Hall–Kier alpha value is -1.65. The van der Waals surface area contributed by atoms with Gasteiger partial charge in [-0.05, 0) is 19.3 Å². The standard InChI is InChI=1S/C12H18N4O/c1-3-13-11-7-14-10(6-15-11)12(17)16-5-4-9(2)8-16/h6-7,9H,3-5,8H2,1-2H3,(H,13,15). The molecule has 2 rings (SSSR count). The number of hydrogen-bond acceptors (Lipinski definition) is 4. The third kappa shape index (κ3) is 2.72. The third-order valence-corrected chi connectivity index (χ3v) is 2.94. The van der Waals surface area contributed by atoms with Crippen molar-refractivity contribution in [3.05, 3.63) is 18.1 Å². The third-order valence-electron chi connectivity index (χ3n) is 2.94. The Bertz CT molecular complexity index is 390. The van der Waals surface area contributed by atoms with E-state index in [1.165, 1.54) is 0 Å². The molecule has 1 aliphatic heterocycles. The quantitative estimate of drug-likeness (QED) is 0.858. The van der Waals surface area contributed by atoms with Crippen molar-refractivity contribution < 1.29 is 4.79 Å². The minimum Gasteiger partial charge on any atom is -0.369 e. The monoisotopic (exact) mass is 234 g/mol. The second-order valence-corrected chi connectivity index (χ2v) is 4.46. The van der Waals surface area contributed by atoms with Crippen LogP contribution in [0.1, 0.15) is 30.8 Å². The summed E-state index contributed by atoms with van der Waals surface area (Å²) in [6.45, 7) is 6.61. The zero-order chi connectivity index (χ0) is 12.3. The van der Waals surface area contributed by atoms with Gasteiger partial charge < -0.3 is 10.2 Å². The summed E-state index contributed by atoms with van der Waals surface area (Å²) in [7, 11) is 0. The first kappa shape index (κ1) is 11.8. The maximum absolute atomic E-state index is 12.1. The minimum atomic E-state index is -0.00935. The topological polar surface area (TPSA) is 58.1 Å². The Kier molecular flexibility index (Phi) is 3.56. The summed E-state index contributed by atoms with van der Waals surface area (Å²) in [5.41, 5.74) is 0.431. The van der Waals surface area contributed by atoms with E-state index in [1.54, 1.807) is 12.4 Å². The van der Waals surface area contributed by atoms with Gasteiger partial charge in [-0.3, -0.25) is 4.79 Å². The van der Waals surface area contributed by atoms with Gasteiger partial charge in [0, 0.05) is 19.6 Å². The normalized spacial score (nSPS) is 19.4. The Morgan fingerprint density at radius 3 is 2.88 bits per heavy atom. The molecule has 0 bridgehead atoms. The smallest absolute Gasteiger partial charge is 0.274 e. The SMILES string of the molecule is CCNc1cnc(C(=O)N2CCC(C)C2)cn1. The van der Waals surface area contributed by atoms with E-state index in [2.05, 4.69) is 22.2 Å². The first-order chi connectivity index (χ1) is 8.20. The number of nitrogens with zero attached hydrogens (tertiary/aromatic N) is 3. The molecule has 17 heavy (non-hydrogen) atoms. The molecule has 92 valence electrons. The first-order valence-corrected chi connectivity index (χ1v) is 6.06. The summed E-state index contributed by atoms with van der Waals surface area (Å²) in [6, 6.07) is 0. The molecule has 0 aromatic carbocycles. The summed E-state index contributed by atoms with van der Waals surface area (Å²) in [5.74, 6) is 1.29. The van der Waals surface area contributed by atoms with Gasteiger partial charge in [0.05, 0.1) is 12.4 Å². The molecule has 5 heteroatoms. The van der Waals surface area contributed by atoms with Crippen LogP contribution in [0.5, 0.6) is 0 Å². The van der Waals surface area contributed by atoms with Gasteiger partial charge in [0.15, 0.2) is 0 Å². The molecule has 1 unspecified atom stereocenters. The number of anilines is 1. The molecule has 0 radical (unpaired) electrons. The number of aromatic nitrogens is 2. The molecule has 0 spiro atoms. The predicted octanol–water partition coefficient (Wildman–Crippen LogP) is 1.39. The van der Waals surface area contributed by atoms with Gasteiger partial charge in [-0.25, -0.2) is 9.97 Å². The summed E-state index contributed by atoms with van der Waals surface area (Å²) in [4.78, 5) is 22.2. The summed E-state index contributed by atoms with van der Waals surface area (Å²) in [6.07, 6.45) is 4.23. The second kappa shape index (κ2) is 5.12. The lowest BCUT2D eigenvalue weighted by Gasteiger charge is -2.14. The number of nitrogens with one attached hydrogen (secondary N) is 1. The zero-order valence-corrected chi connectivity index (χ0v) is 10.3. The maximum Gasteiger partial charge on any atom is 0.274 e. The number of hydrogen-bond donors (Lipinski definition) is 1. The average molecular weight is 234 g/mol. The van der Waals surface area contributed by atoms with Gasteiger partial charge in [-0.2, -0.15) is 0 Å². The van der Waals surface area contributed by atoms with Gasteiger partial charge in [-0.15, -0.1) is 0 Å². The lowest BCUT2D eigenvalue weighted by Crippen LogP contribution is -2.29. The van der Waals surface area contributed by atoms with Gasteiger partial charge in [-0.1, -0.05) is 6.92 Å². The molecule has 5 nitrogen and oxygen atoms in total. The van der Waals surface area contributed by atoms with E-state index in [9.17, 15) is 4.79 Å². The fraction of sp³-hybridized carbons (Fsp3) is 0.583. The van der Waals surface area contributed by atoms with Crippen molar-refractivity contribution in [3.8, 4) is 0 Å². The van der Waals surface area contributed by atoms with Crippen molar-refractivity contribution in [3.63, 3.8) is 0 Å². The van der Waals surface area contributed by atoms with Crippen LogP contribution in [0.25, 0.3) is 0 Å². The van der Waals surface area contributed by atoms with Crippen molar-refractivity contribution in [1.29, 1.82) is 0 Å². The Morgan fingerprint density at radius 1 is 1.53 bits per heavy atom. The molecule has 1 atom stereocenters. The van der Waals surface area contributed by atoms with Crippen LogP contribution in [0.3, 0.4) is 0 Å². The number of amides is 1. The molecule has 2 heterocycles. The first-order valence-electron chi connectivity index (χ1n) is 6.06. The van der Waals surface area contributed by atoms with Gasteiger partial charge in [0.1, 0.15) is 11.5 Å². The van der Waals surface area contributed by atoms with Crippen LogP contribution < -0.4 is 5.32 Å². The van der Waals surface area contributed by atoms with E-state index in [4.69, 9.17) is 0 Å². The molecule has 1 fully saturated rings. The van der Waals surface area contributed by atoms with Crippen LogP contribution >= 0.6 is 0 Å². The van der Waals surface area contributed by atoms with E-state index in [0.29, 0.717) is 17.4 Å². The largest absolute Gasteiger partial charge is 0.369 e. The molecular formula is C12H18N4O. The Morgan fingerprint density at radius 2 is 2.35 bits per heavy atom. The number of carbonyl (C=O) groups is 1. The van der Waals surface area contributed by atoms with Crippen molar-refractivity contribution in [2.75, 3.05) is 25.0 Å². The number of carbonyl (C=O) groups excluding carboxylic acids is 1. The highest BCUT2D eigenvalue weighted by molar-refractivity contribution is 5.92. The molecule has 0 aliphatic carbocycles. The van der Waals surface area contributed by atoms with Crippen molar-refractivity contribution in [2.45, 2.75) is 20.3 Å². The molecule has 1 aliphatic rings. The van der Waals surface area contributed by atoms with E-state index >= 15 is 0 Å². The maximum atomic E-state index is 12.1. The van der Waals surface area contributed by atoms with Gasteiger partial charge in [0.25, 0.3) is 5.91 Å². The average Bonchev–Trinajstić information content (AvgIpc) is 2.76. The number of likely N-dealkylation sites (tertiary alicyclic amines) is 1. The number of rotatable bonds is 3. The van der Waals surface area contributed by atoms with Gasteiger partial charge in [0.2, 0.25) is 0 Å². The molecule has 1 aromatic heterocycles. The lowest BCUT2D eigenvalue weighted by molar-refractivity contribution is 0.0782. The molecular weight excluding hydrogens is 216 g/mol. The van der Waals surface area contributed by atoms with Crippen molar-refractivity contribution in [2.24, 2.45) is 5.92 Å². The van der Waals surface area contributed by atoms with Crippen LogP contribution in [0.2, 0.25) is 0 Å². The summed E-state index contributed by atoms with van der Waals surface area (Å²) in [5, 5.41) is 3.05. The molecule has 1 amide bonds. The van der Waals surface area contributed by atoms with E-state index in [1.807, 2.05) is 11.8 Å². The Labute approximate surface area is 101 Å². The Balaban J connectivity index is 2.04. The molecule has 0 saturated carbocycles. The minimum absolute atomic E-state index is 0.00935. The van der Waals surface area contributed by atoms with Gasteiger partial charge >= 0.3 is 0 Å². The van der Waals surface area contributed by atoms with E-state index < -0.39 is 0 Å². The van der Waals surface area contributed by atoms with Crippen LogP contribution in [0.15, 0.2) is 12.4 Å². The van der Waals surface area contributed by atoms with Crippen molar-refractivity contribution in [1.82, 2.24) is 14.9 Å². The summed E-state index contributed by atoms with van der Waals surface area (Å²) < 4.78 is 0. The van der Waals surface area contributed by atoms with Crippen LogP contribution in [0.4, 0.5) is 5.82 Å². The zero-order valence-electron chi connectivity index (χ0n) is 10.3. The molecule has 1 saturated heterocycles. The van der Waals surface area contributed by atoms with Crippen molar-refractivity contribution >= 4 is 11.7 Å².